The van der Waals surface area contributed by atoms with Gasteiger partial charge in [-0.15, -0.1) is 0 Å². The highest BCUT2D eigenvalue weighted by Crippen LogP contribution is 2.47. The third-order valence-corrected chi connectivity index (χ3v) is 12.8. The van der Waals surface area contributed by atoms with Crippen LogP contribution < -0.4 is 5.32 Å². The highest BCUT2D eigenvalue weighted by molar-refractivity contribution is 7.47. The van der Waals surface area contributed by atoms with Crippen molar-refractivity contribution in [2.24, 2.45) is 0 Å². The Bertz CT molecular complexity index is 1340. The Labute approximate surface area is 392 Å². The summed E-state index contributed by atoms with van der Waals surface area (Å²) >= 11 is 0. The molecule has 0 heterocycles. The van der Waals surface area contributed by atoms with E-state index >= 15 is 0 Å². The number of carbonyl (C=O) groups is 1. The first-order valence-corrected chi connectivity index (χ1v) is 26.8. The van der Waals surface area contributed by atoms with Crippen LogP contribution in [0.2, 0.25) is 0 Å². The van der Waals surface area contributed by atoms with Crippen molar-refractivity contribution in [3.05, 3.63) is 60.8 Å². The van der Waals surface area contributed by atoms with Crippen molar-refractivity contribution in [1.29, 1.82) is 0 Å². The predicted molar refractivity (Wildman–Crippen MR) is 261 cm³/mol. The van der Waals surface area contributed by atoms with Gasteiger partial charge in [0.1, 0.15) is 36.6 Å². The van der Waals surface area contributed by atoms with Gasteiger partial charge in [0.15, 0.2) is 0 Å². The number of allylic oxidation sites excluding steroid dienone is 9. The molecule has 0 bridgehead atoms. The number of amides is 1. The average Bonchev–Trinajstić information content (AvgIpc) is 3.28. The van der Waals surface area contributed by atoms with E-state index in [2.05, 4.69) is 61.7 Å². The molecule has 1 aliphatic rings. The summed E-state index contributed by atoms with van der Waals surface area (Å²) in [5.74, 6) is -0.613. The number of phosphoric acid groups is 1. The molecule has 1 amide bonds. The Hall–Kier alpha value is -2.00. The maximum Gasteiger partial charge on any atom is 0.472 e. The summed E-state index contributed by atoms with van der Waals surface area (Å²) in [4.78, 5) is 23.4. The molecule has 8 atom stereocenters. The standard InChI is InChI=1S/C51H92NO12P/c1-3-5-7-9-11-13-15-16-17-18-19-20-21-22-23-24-25-26-27-28-29-30-32-34-36-38-42(53)40-45(55)52-43(44(54)39-37-35-33-31-14-12-10-8-6-4-2)41-63-65(61,62)64-51-49(59)47(57)46(56)48(58)50(51)60/h6,8,14,19-20,22-23,31,37,39,42-44,46-51,53-54,56-60H,3-5,7,9-13,15-18,21,24-30,32-36,38,40-41H2,1-2H3,(H,52,55)(H,61,62)/b8-6+,20-19-,23-22-,31-14+,39-37+. The second kappa shape index (κ2) is 39.9. The SMILES string of the molecule is CC/C=C/CC/C=C/CC/C=C/C(O)C(COP(=O)(O)OC1C(O)C(O)C(O)C(O)C1O)NC(=O)CC(O)CCCCCCCCCCC/C=C\C/C=C\CCCCCCCCCCC. The van der Waals surface area contributed by atoms with Crippen LogP contribution in [0.5, 0.6) is 0 Å². The van der Waals surface area contributed by atoms with Crippen LogP contribution in [0.15, 0.2) is 60.8 Å². The zero-order chi connectivity index (χ0) is 48.0. The van der Waals surface area contributed by atoms with E-state index in [0.717, 1.165) is 57.8 Å². The number of phosphoric ester groups is 1. The van der Waals surface area contributed by atoms with Crippen molar-refractivity contribution in [3.8, 4) is 0 Å². The van der Waals surface area contributed by atoms with Gasteiger partial charge < -0.3 is 46.0 Å². The first kappa shape index (κ1) is 61.0. The molecule has 65 heavy (non-hydrogen) atoms. The lowest BCUT2D eigenvalue weighted by Gasteiger charge is -2.41. The molecule has 0 radical (unpaired) electrons. The van der Waals surface area contributed by atoms with Crippen molar-refractivity contribution in [2.75, 3.05) is 6.61 Å². The van der Waals surface area contributed by atoms with Crippen LogP contribution in [0.25, 0.3) is 0 Å². The monoisotopic (exact) mass is 942 g/mol. The molecule has 1 rings (SSSR count). The summed E-state index contributed by atoms with van der Waals surface area (Å²) in [6.07, 6.45) is 36.3. The van der Waals surface area contributed by atoms with Crippen LogP contribution in [0.4, 0.5) is 0 Å². The van der Waals surface area contributed by atoms with E-state index in [9.17, 15) is 50.0 Å². The van der Waals surface area contributed by atoms with E-state index in [1.807, 2.05) is 6.08 Å². The molecule has 1 aliphatic carbocycles. The summed E-state index contributed by atoms with van der Waals surface area (Å²) in [7, 11) is -5.15. The summed E-state index contributed by atoms with van der Waals surface area (Å²) in [6, 6.07) is -1.27. The molecule has 1 saturated carbocycles. The Morgan fingerprint density at radius 1 is 0.569 bits per heavy atom. The van der Waals surface area contributed by atoms with Crippen molar-refractivity contribution in [2.45, 2.75) is 249 Å². The largest absolute Gasteiger partial charge is 0.472 e. The Kier molecular flexibility index (Phi) is 37.5. The lowest BCUT2D eigenvalue weighted by molar-refractivity contribution is -0.220. The third-order valence-electron chi connectivity index (χ3n) is 11.8. The van der Waals surface area contributed by atoms with Gasteiger partial charge in [0.2, 0.25) is 5.91 Å². The summed E-state index contributed by atoms with van der Waals surface area (Å²) in [5, 5.41) is 74.4. The molecule has 0 saturated heterocycles. The Morgan fingerprint density at radius 2 is 1.00 bits per heavy atom. The fourth-order valence-corrected chi connectivity index (χ4v) is 8.69. The van der Waals surface area contributed by atoms with Gasteiger partial charge in [0.05, 0.1) is 31.3 Å². The van der Waals surface area contributed by atoms with Gasteiger partial charge in [-0.05, 0) is 70.6 Å². The number of rotatable bonds is 41. The zero-order valence-electron chi connectivity index (χ0n) is 40.1. The lowest BCUT2D eigenvalue weighted by Crippen LogP contribution is -2.64. The second-order valence-electron chi connectivity index (χ2n) is 17.8. The van der Waals surface area contributed by atoms with E-state index in [0.29, 0.717) is 19.3 Å². The minimum Gasteiger partial charge on any atom is -0.393 e. The fourth-order valence-electron chi connectivity index (χ4n) is 7.72. The van der Waals surface area contributed by atoms with Gasteiger partial charge >= 0.3 is 7.82 Å². The maximum atomic E-state index is 13.0. The highest BCUT2D eigenvalue weighted by atomic mass is 31.2. The van der Waals surface area contributed by atoms with Gasteiger partial charge in [0, 0.05) is 0 Å². The van der Waals surface area contributed by atoms with Crippen molar-refractivity contribution >= 4 is 13.7 Å². The van der Waals surface area contributed by atoms with E-state index in [4.69, 9.17) is 9.05 Å². The van der Waals surface area contributed by atoms with Gasteiger partial charge in [-0.2, -0.15) is 0 Å². The van der Waals surface area contributed by atoms with Gasteiger partial charge in [-0.3, -0.25) is 13.8 Å². The number of carbonyl (C=O) groups excluding carboxylic acids is 1. The first-order valence-electron chi connectivity index (χ1n) is 25.3. The van der Waals surface area contributed by atoms with Crippen LogP contribution in [-0.2, 0) is 18.4 Å². The minimum absolute atomic E-state index is 0.262. The maximum absolute atomic E-state index is 13.0. The van der Waals surface area contributed by atoms with Crippen LogP contribution in [0, 0.1) is 0 Å². The Morgan fingerprint density at radius 3 is 1.51 bits per heavy atom. The number of aliphatic hydroxyl groups excluding tert-OH is 7. The van der Waals surface area contributed by atoms with Crippen molar-refractivity contribution < 1.29 is 59.0 Å². The van der Waals surface area contributed by atoms with Crippen LogP contribution >= 0.6 is 7.82 Å². The first-order chi connectivity index (χ1) is 31.3. The number of unbranched alkanes of at least 4 members (excludes halogenated alkanes) is 20. The van der Waals surface area contributed by atoms with Gasteiger partial charge in [-0.25, -0.2) is 4.57 Å². The van der Waals surface area contributed by atoms with E-state index in [-0.39, 0.29) is 6.42 Å². The normalized spacial score (nSPS) is 23.0. The molecule has 0 aromatic carbocycles. The molecule has 0 aromatic rings. The van der Waals surface area contributed by atoms with Crippen molar-refractivity contribution in [3.63, 3.8) is 0 Å². The zero-order valence-corrected chi connectivity index (χ0v) is 41.0. The summed E-state index contributed by atoms with van der Waals surface area (Å²) in [5.41, 5.74) is 0. The molecular weight excluding hydrogens is 850 g/mol. The number of aliphatic hydroxyl groups is 7. The average molecular weight is 942 g/mol. The minimum atomic E-state index is -5.15. The molecule has 0 spiro atoms. The van der Waals surface area contributed by atoms with Crippen LogP contribution in [0.3, 0.4) is 0 Å². The number of hydrogen-bond donors (Lipinski definition) is 9. The molecule has 14 heteroatoms. The molecule has 8 unspecified atom stereocenters. The topological polar surface area (TPSA) is 226 Å². The molecule has 13 nitrogen and oxygen atoms in total. The highest BCUT2D eigenvalue weighted by Gasteiger charge is 2.51. The molecular formula is C51H92NO12P. The quantitative estimate of drug-likeness (QED) is 0.0159. The molecule has 378 valence electrons. The van der Waals surface area contributed by atoms with Gasteiger partial charge in [0.25, 0.3) is 0 Å². The fraction of sp³-hybridized carbons (Fsp3) is 0.784. The Balaban J connectivity index is 2.38. The van der Waals surface area contributed by atoms with Gasteiger partial charge in [-0.1, -0.05) is 177 Å². The molecule has 0 aliphatic heterocycles. The molecule has 0 aromatic heterocycles. The van der Waals surface area contributed by atoms with E-state index in [1.54, 1.807) is 6.08 Å². The number of nitrogens with one attached hydrogen (secondary N) is 1. The lowest BCUT2D eigenvalue weighted by atomic mass is 9.85. The van der Waals surface area contributed by atoms with Crippen LogP contribution in [0.1, 0.15) is 194 Å². The smallest absolute Gasteiger partial charge is 0.393 e. The molecule has 1 fully saturated rings. The third kappa shape index (κ3) is 31.6. The number of hydrogen-bond acceptors (Lipinski definition) is 11. The summed E-state index contributed by atoms with van der Waals surface area (Å²) < 4.78 is 22.8. The second-order valence-corrected chi connectivity index (χ2v) is 19.2. The van der Waals surface area contributed by atoms with E-state index in [1.165, 1.54) is 102 Å². The molecule has 9 N–H and O–H groups in total. The van der Waals surface area contributed by atoms with Crippen LogP contribution in [-0.4, -0.2) is 108 Å². The van der Waals surface area contributed by atoms with Crippen molar-refractivity contribution in [1.82, 2.24) is 5.32 Å². The summed E-state index contributed by atoms with van der Waals surface area (Å²) in [6.45, 7) is 3.59. The van der Waals surface area contributed by atoms with E-state index < -0.39 is 75.2 Å². The predicted octanol–water partition coefficient (Wildman–Crippen LogP) is 9.26.